The van der Waals surface area contributed by atoms with Gasteiger partial charge in [-0.15, -0.1) is 5.10 Å². The van der Waals surface area contributed by atoms with Gasteiger partial charge >= 0.3 is 5.69 Å². The average Bonchev–Trinajstić information content (AvgIpc) is 3.29. The summed E-state index contributed by atoms with van der Waals surface area (Å²) in [6, 6.07) is 13.6. The topological polar surface area (TPSA) is 120 Å². The Balaban J connectivity index is 1.56. The molecular formula is C20H20N6O4S. The van der Waals surface area contributed by atoms with Crippen LogP contribution in [0.5, 0.6) is 0 Å². The van der Waals surface area contributed by atoms with Gasteiger partial charge < -0.3 is 9.88 Å². The Hall–Kier alpha value is -3.70. The maximum atomic E-state index is 12.7. The highest BCUT2D eigenvalue weighted by atomic mass is 32.2. The van der Waals surface area contributed by atoms with Crippen molar-refractivity contribution in [2.24, 2.45) is 7.05 Å². The third-order valence-corrected chi connectivity index (χ3v) is 6.18. The number of benzene rings is 1. The van der Waals surface area contributed by atoms with Crippen LogP contribution in [0.25, 0.3) is 5.65 Å². The van der Waals surface area contributed by atoms with Gasteiger partial charge in [0.1, 0.15) is 10.6 Å². The molecule has 10 nitrogen and oxygen atoms in total. The van der Waals surface area contributed by atoms with E-state index in [4.69, 9.17) is 0 Å². The molecule has 0 aliphatic heterocycles. The van der Waals surface area contributed by atoms with Crippen LogP contribution in [0, 0.1) is 0 Å². The van der Waals surface area contributed by atoms with Crippen LogP contribution in [-0.4, -0.2) is 40.1 Å². The molecule has 4 aromatic rings. The highest BCUT2D eigenvalue weighted by Crippen LogP contribution is 2.17. The first kappa shape index (κ1) is 20.6. The molecule has 0 spiro atoms. The van der Waals surface area contributed by atoms with Crippen molar-refractivity contribution < 1.29 is 13.2 Å². The van der Waals surface area contributed by atoms with Gasteiger partial charge in [0.15, 0.2) is 5.65 Å². The second-order valence-electron chi connectivity index (χ2n) is 6.90. The van der Waals surface area contributed by atoms with Crippen LogP contribution in [0.1, 0.15) is 16.1 Å². The summed E-state index contributed by atoms with van der Waals surface area (Å²) in [4.78, 5) is 25.2. The van der Waals surface area contributed by atoms with Gasteiger partial charge in [0, 0.05) is 25.1 Å². The fourth-order valence-electron chi connectivity index (χ4n) is 3.21. The highest BCUT2D eigenvalue weighted by molar-refractivity contribution is 7.89. The second kappa shape index (κ2) is 7.85. The number of nitrogens with one attached hydrogen (secondary N) is 2. The van der Waals surface area contributed by atoms with Crippen molar-refractivity contribution in [3.63, 3.8) is 0 Å². The van der Waals surface area contributed by atoms with Crippen LogP contribution in [0.3, 0.4) is 0 Å². The number of pyridine rings is 1. The predicted octanol–water partition coefficient (Wildman–Crippen LogP) is 1.04. The number of hydrogen-bond acceptors (Lipinski definition) is 5. The second-order valence-corrected chi connectivity index (χ2v) is 8.79. The zero-order chi connectivity index (χ0) is 22.2. The Morgan fingerprint density at radius 3 is 2.68 bits per heavy atom. The zero-order valence-electron chi connectivity index (χ0n) is 16.8. The Kier molecular flexibility index (Phi) is 5.21. The molecule has 0 aliphatic carbocycles. The average molecular weight is 440 g/mol. The predicted molar refractivity (Wildman–Crippen MR) is 115 cm³/mol. The van der Waals surface area contributed by atoms with Crippen LogP contribution in [0.2, 0.25) is 0 Å². The van der Waals surface area contributed by atoms with Gasteiger partial charge in [-0.3, -0.25) is 9.20 Å². The number of nitrogens with zero attached hydrogens (tertiary/aromatic N) is 4. The summed E-state index contributed by atoms with van der Waals surface area (Å²) < 4.78 is 30.4. The van der Waals surface area contributed by atoms with Gasteiger partial charge in [-0.25, -0.2) is 22.6 Å². The molecule has 0 radical (unpaired) electrons. The van der Waals surface area contributed by atoms with E-state index in [2.05, 4.69) is 15.1 Å². The summed E-state index contributed by atoms with van der Waals surface area (Å²) in [6.07, 6.45) is 3.02. The van der Waals surface area contributed by atoms with Gasteiger partial charge in [0.05, 0.1) is 6.54 Å². The van der Waals surface area contributed by atoms with E-state index in [0.29, 0.717) is 11.3 Å². The van der Waals surface area contributed by atoms with E-state index >= 15 is 0 Å². The highest BCUT2D eigenvalue weighted by Gasteiger charge is 2.19. The van der Waals surface area contributed by atoms with E-state index < -0.39 is 15.9 Å². The summed E-state index contributed by atoms with van der Waals surface area (Å²) in [5, 5.41) is 7.07. The van der Waals surface area contributed by atoms with Crippen molar-refractivity contribution in [1.82, 2.24) is 23.5 Å². The Morgan fingerprint density at radius 1 is 1.13 bits per heavy atom. The molecule has 31 heavy (non-hydrogen) atoms. The van der Waals surface area contributed by atoms with E-state index in [1.807, 2.05) is 6.07 Å². The van der Waals surface area contributed by atoms with E-state index in [9.17, 15) is 18.0 Å². The quantitative estimate of drug-likeness (QED) is 0.464. The largest absolute Gasteiger partial charge is 0.350 e. The maximum Gasteiger partial charge on any atom is 0.350 e. The summed E-state index contributed by atoms with van der Waals surface area (Å²) in [7, 11) is -0.754. The molecule has 4 rings (SSSR count). The first-order chi connectivity index (χ1) is 14.8. The first-order valence-electron chi connectivity index (χ1n) is 9.33. The minimum Gasteiger partial charge on any atom is -0.345 e. The van der Waals surface area contributed by atoms with Crippen LogP contribution in [0.4, 0.5) is 5.69 Å². The Bertz CT molecular complexity index is 1450. The van der Waals surface area contributed by atoms with E-state index in [-0.39, 0.29) is 22.8 Å². The van der Waals surface area contributed by atoms with Crippen LogP contribution >= 0.6 is 0 Å². The van der Waals surface area contributed by atoms with Crippen LogP contribution in [0.15, 0.2) is 70.6 Å². The molecule has 11 heteroatoms. The van der Waals surface area contributed by atoms with Gasteiger partial charge in [0.2, 0.25) is 10.0 Å². The summed E-state index contributed by atoms with van der Waals surface area (Å²) in [5.74, 6) is -0.456. The molecule has 160 valence electrons. The Labute approximate surface area is 177 Å². The zero-order valence-corrected chi connectivity index (χ0v) is 17.6. The molecule has 0 unspecified atom stereocenters. The SMILES string of the molecule is CNS(=O)(=O)c1cc(C(=O)Nc2cccc(Cn3nc4ccccn4c3=O)c2)n(C)c1. The number of fused-ring (bicyclic) bond motifs is 1. The van der Waals surface area contributed by atoms with Crippen molar-refractivity contribution in [2.45, 2.75) is 11.4 Å². The fraction of sp³-hybridized carbons (Fsp3) is 0.150. The lowest BCUT2D eigenvalue weighted by Gasteiger charge is -2.08. The lowest BCUT2D eigenvalue weighted by molar-refractivity contribution is 0.101. The van der Waals surface area contributed by atoms with Crippen molar-refractivity contribution in [2.75, 3.05) is 12.4 Å². The number of rotatable bonds is 6. The molecular weight excluding hydrogens is 420 g/mol. The number of anilines is 1. The molecule has 0 fully saturated rings. The molecule has 3 heterocycles. The number of aryl methyl sites for hydroxylation is 1. The van der Waals surface area contributed by atoms with E-state index in [1.165, 1.54) is 33.0 Å². The van der Waals surface area contributed by atoms with Crippen molar-refractivity contribution >= 4 is 27.3 Å². The van der Waals surface area contributed by atoms with Crippen LogP contribution < -0.4 is 15.7 Å². The third kappa shape index (κ3) is 4.00. The number of carbonyl (C=O) groups is 1. The van der Waals surface area contributed by atoms with E-state index in [1.54, 1.807) is 49.6 Å². The van der Waals surface area contributed by atoms with Gasteiger partial charge in [-0.2, -0.15) is 0 Å². The number of sulfonamides is 1. The monoisotopic (exact) mass is 440 g/mol. The summed E-state index contributed by atoms with van der Waals surface area (Å²) in [6.45, 7) is 0.235. The van der Waals surface area contributed by atoms with Crippen molar-refractivity contribution in [1.29, 1.82) is 0 Å². The molecule has 0 bridgehead atoms. The molecule has 0 atom stereocenters. The number of hydrogen-bond donors (Lipinski definition) is 2. The molecule has 1 aromatic carbocycles. The fourth-order valence-corrected chi connectivity index (χ4v) is 4.01. The summed E-state index contributed by atoms with van der Waals surface area (Å²) >= 11 is 0. The molecule has 1 amide bonds. The van der Waals surface area contributed by atoms with Gasteiger partial charge in [-0.1, -0.05) is 18.2 Å². The lowest BCUT2D eigenvalue weighted by Crippen LogP contribution is -2.21. The van der Waals surface area contributed by atoms with Crippen LogP contribution in [-0.2, 0) is 23.6 Å². The number of amides is 1. The third-order valence-electron chi connectivity index (χ3n) is 4.80. The smallest absolute Gasteiger partial charge is 0.345 e. The standard InChI is InChI=1S/C20H20N6O4S/c1-21-31(29,30)16-11-17(24(2)13-16)19(27)22-15-7-5-6-14(10-15)12-26-20(28)25-9-4-3-8-18(25)23-26/h3-11,13,21H,12H2,1-2H3,(H,22,27). The van der Waals surface area contributed by atoms with Crippen molar-refractivity contribution in [3.8, 4) is 0 Å². The first-order valence-corrected chi connectivity index (χ1v) is 10.8. The summed E-state index contributed by atoms with van der Waals surface area (Å²) in [5.41, 5.74) is 1.77. The number of carbonyl (C=O) groups excluding carboxylic acids is 1. The molecule has 0 aliphatic rings. The normalized spacial score (nSPS) is 11.7. The maximum absolute atomic E-state index is 12.7. The molecule has 0 saturated carbocycles. The van der Waals surface area contributed by atoms with Gasteiger partial charge in [0.25, 0.3) is 5.91 Å². The van der Waals surface area contributed by atoms with Gasteiger partial charge in [-0.05, 0) is 42.9 Å². The number of aromatic nitrogens is 4. The molecule has 3 aromatic heterocycles. The molecule has 0 saturated heterocycles. The van der Waals surface area contributed by atoms with Crippen molar-refractivity contribution in [3.05, 3.63) is 82.7 Å². The minimum atomic E-state index is -3.65. The Morgan fingerprint density at radius 2 is 1.94 bits per heavy atom. The minimum absolute atomic E-state index is 0.00243. The lowest BCUT2D eigenvalue weighted by atomic mass is 10.2. The molecule has 2 N–H and O–H groups in total. The van der Waals surface area contributed by atoms with E-state index in [0.717, 1.165) is 5.56 Å².